The third-order valence-electron chi connectivity index (χ3n) is 3.18. The highest BCUT2D eigenvalue weighted by Crippen LogP contribution is 2.27. The molecule has 0 bridgehead atoms. The van der Waals surface area contributed by atoms with Crippen molar-refractivity contribution in [2.45, 2.75) is 0 Å². The normalized spacial score (nSPS) is 10.8. The number of benzene rings is 2. The van der Waals surface area contributed by atoms with Gasteiger partial charge in [0.25, 0.3) is 11.8 Å². The van der Waals surface area contributed by atoms with Gasteiger partial charge in [0.1, 0.15) is 17.4 Å². The van der Waals surface area contributed by atoms with E-state index in [-0.39, 0.29) is 28.0 Å². The Bertz CT molecular complexity index is 968. The molecule has 0 aliphatic carbocycles. The summed E-state index contributed by atoms with van der Waals surface area (Å²) in [5.41, 5.74) is 5.74. The fourth-order valence-corrected chi connectivity index (χ4v) is 2.50. The van der Waals surface area contributed by atoms with Crippen LogP contribution in [0, 0.1) is 11.3 Å². The molecule has 2 rings (SSSR count). The largest absolute Gasteiger partial charge is 0.482 e. The Kier molecular flexibility index (Phi) is 7.08. The summed E-state index contributed by atoms with van der Waals surface area (Å²) < 4.78 is 5.14. The zero-order valence-electron chi connectivity index (χ0n) is 13.6. The average Bonchev–Trinajstić information content (AvgIpc) is 2.61. The highest BCUT2D eigenvalue weighted by atomic mass is 35.5. The highest BCUT2D eigenvalue weighted by Gasteiger charge is 2.11. The number of anilines is 1. The number of ether oxygens (including phenoxy) is 1. The van der Waals surface area contributed by atoms with Crippen LogP contribution in [0.25, 0.3) is 6.08 Å². The lowest BCUT2D eigenvalue weighted by Gasteiger charge is -2.07. The molecule has 0 fully saturated rings. The number of nitriles is 1. The van der Waals surface area contributed by atoms with Gasteiger partial charge in [-0.2, -0.15) is 5.26 Å². The van der Waals surface area contributed by atoms with Gasteiger partial charge in [-0.15, -0.1) is 0 Å². The standard InChI is InChI=1S/C18H12Cl3N3O3/c19-13-3-2-12(7-14(13)20)24-18(26)11(8-22)5-10-1-4-16(15(21)6-10)27-9-17(23)25/h1-7H,9H2,(H2,23,25)(H,24,26). The van der Waals surface area contributed by atoms with Crippen molar-refractivity contribution in [3.63, 3.8) is 0 Å². The molecule has 0 radical (unpaired) electrons. The van der Waals surface area contributed by atoms with Crippen molar-refractivity contribution >= 4 is 58.4 Å². The Labute approximate surface area is 170 Å². The topological polar surface area (TPSA) is 105 Å². The van der Waals surface area contributed by atoms with Crippen LogP contribution in [0.15, 0.2) is 42.0 Å². The summed E-state index contributed by atoms with van der Waals surface area (Å²) in [5.74, 6) is -1.01. The Balaban J connectivity index is 2.18. The van der Waals surface area contributed by atoms with E-state index in [0.717, 1.165) is 0 Å². The highest BCUT2D eigenvalue weighted by molar-refractivity contribution is 6.42. The minimum absolute atomic E-state index is 0.150. The van der Waals surface area contributed by atoms with Crippen LogP contribution in [0.4, 0.5) is 5.69 Å². The SMILES string of the molecule is N#CC(=Cc1ccc(OCC(N)=O)c(Cl)c1)C(=O)Nc1ccc(Cl)c(Cl)c1. The van der Waals surface area contributed by atoms with Crippen LogP contribution in [0.5, 0.6) is 5.75 Å². The monoisotopic (exact) mass is 423 g/mol. The van der Waals surface area contributed by atoms with Gasteiger partial charge in [0.05, 0.1) is 15.1 Å². The van der Waals surface area contributed by atoms with E-state index in [1.54, 1.807) is 12.1 Å². The predicted octanol–water partition coefficient (Wildman–Crippen LogP) is 4.06. The second kappa shape index (κ2) is 9.28. The van der Waals surface area contributed by atoms with Crippen LogP contribution < -0.4 is 15.8 Å². The summed E-state index contributed by atoms with van der Waals surface area (Å²) in [6.45, 7) is -0.315. The molecule has 0 atom stereocenters. The lowest BCUT2D eigenvalue weighted by molar-refractivity contribution is -0.120. The molecule has 0 aliphatic rings. The summed E-state index contributed by atoms with van der Waals surface area (Å²) in [6, 6.07) is 10.9. The van der Waals surface area contributed by atoms with Gasteiger partial charge >= 0.3 is 0 Å². The van der Waals surface area contributed by atoms with Crippen LogP contribution >= 0.6 is 34.8 Å². The number of amides is 2. The van der Waals surface area contributed by atoms with Crippen LogP contribution in [-0.2, 0) is 9.59 Å². The van der Waals surface area contributed by atoms with Gasteiger partial charge in [0.15, 0.2) is 6.61 Å². The summed E-state index contributed by atoms with van der Waals surface area (Å²) >= 11 is 17.8. The first kappa shape index (κ1) is 20.6. The number of rotatable bonds is 6. The Morgan fingerprint density at radius 2 is 1.85 bits per heavy atom. The first-order valence-electron chi connectivity index (χ1n) is 7.39. The van der Waals surface area contributed by atoms with Crippen LogP contribution in [0.3, 0.4) is 0 Å². The van der Waals surface area contributed by atoms with Crippen LogP contribution in [0.1, 0.15) is 5.56 Å². The van der Waals surface area contributed by atoms with E-state index >= 15 is 0 Å². The molecule has 2 amide bonds. The minimum atomic E-state index is -0.638. The van der Waals surface area contributed by atoms with E-state index in [4.69, 9.17) is 45.3 Å². The number of hydrogen-bond donors (Lipinski definition) is 2. The van der Waals surface area contributed by atoms with E-state index in [2.05, 4.69) is 5.32 Å². The lowest BCUT2D eigenvalue weighted by Crippen LogP contribution is -2.20. The number of nitrogens with two attached hydrogens (primary N) is 1. The molecule has 27 heavy (non-hydrogen) atoms. The number of nitrogens with one attached hydrogen (secondary N) is 1. The first-order valence-corrected chi connectivity index (χ1v) is 8.52. The Morgan fingerprint density at radius 3 is 2.44 bits per heavy atom. The van der Waals surface area contributed by atoms with Crippen molar-refractivity contribution in [2.24, 2.45) is 5.73 Å². The third kappa shape index (κ3) is 5.90. The van der Waals surface area contributed by atoms with Crippen molar-refractivity contribution in [1.29, 1.82) is 5.26 Å². The molecule has 0 heterocycles. The molecule has 0 saturated heterocycles. The number of nitrogens with zero attached hydrogens (tertiary/aromatic N) is 1. The number of halogens is 3. The van der Waals surface area contributed by atoms with Crippen LogP contribution in [0.2, 0.25) is 15.1 Å². The van der Waals surface area contributed by atoms with E-state index in [9.17, 15) is 14.9 Å². The van der Waals surface area contributed by atoms with Gasteiger partial charge in [-0.25, -0.2) is 0 Å². The first-order chi connectivity index (χ1) is 12.8. The smallest absolute Gasteiger partial charge is 0.266 e. The van der Waals surface area contributed by atoms with E-state index in [1.165, 1.54) is 30.3 Å². The van der Waals surface area contributed by atoms with Gasteiger partial charge in [-0.3, -0.25) is 9.59 Å². The van der Waals surface area contributed by atoms with Gasteiger partial charge in [0.2, 0.25) is 0 Å². The molecule has 6 nitrogen and oxygen atoms in total. The van der Waals surface area contributed by atoms with Gasteiger partial charge < -0.3 is 15.8 Å². The fraction of sp³-hybridized carbons (Fsp3) is 0.0556. The van der Waals surface area contributed by atoms with Crippen molar-refractivity contribution < 1.29 is 14.3 Å². The van der Waals surface area contributed by atoms with Crippen molar-refractivity contribution in [2.75, 3.05) is 11.9 Å². The third-order valence-corrected chi connectivity index (χ3v) is 4.21. The van der Waals surface area contributed by atoms with Crippen molar-refractivity contribution in [1.82, 2.24) is 0 Å². The van der Waals surface area contributed by atoms with E-state index in [1.807, 2.05) is 6.07 Å². The molecule has 2 aromatic carbocycles. The Hall–Kier alpha value is -2.72. The molecule has 9 heteroatoms. The summed E-state index contributed by atoms with van der Waals surface area (Å²) in [5, 5.41) is 12.6. The number of carbonyl (C=O) groups excluding carboxylic acids is 2. The van der Waals surface area contributed by atoms with E-state index < -0.39 is 11.8 Å². The maximum atomic E-state index is 12.3. The summed E-state index contributed by atoms with van der Waals surface area (Å²) in [4.78, 5) is 23.0. The molecule has 0 aliphatic heterocycles. The molecule has 2 aromatic rings. The lowest BCUT2D eigenvalue weighted by atomic mass is 10.1. The molecule has 0 aromatic heterocycles. The summed E-state index contributed by atoms with van der Waals surface area (Å²) in [7, 11) is 0. The fourth-order valence-electron chi connectivity index (χ4n) is 1.96. The molecule has 138 valence electrons. The maximum absolute atomic E-state index is 12.3. The van der Waals surface area contributed by atoms with Gasteiger partial charge in [0, 0.05) is 5.69 Å². The minimum Gasteiger partial charge on any atom is -0.482 e. The molecular formula is C18H12Cl3N3O3. The number of hydrogen-bond acceptors (Lipinski definition) is 4. The molecule has 3 N–H and O–H groups in total. The maximum Gasteiger partial charge on any atom is 0.266 e. The average molecular weight is 425 g/mol. The Morgan fingerprint density at radius 1 is 1.11 bits per heavy atom. The summed E-state index contributed by atoms with van der Waals surface area (Å²) in [6.07, 6.45) is 1.36. The second-order valence-electron chi connectivity index (χ2n) is 5.20. The second-order valence-corrected chi connectivity index (χ2v) is 6.42. The van der Waals surface area contributed by atoms with Crippen molar-refractivity contribution in [3.8, 4) is 11.8 Å². The van der Waals surface area contributed by atoms with Crippen LogP contribution in [-0.4, -0.2) is 18.4 Å². The van der Waals surface area contributed by atoms with Crippen molar-refractivity contribution in [3.05, 3.63) is 62.6 Å². The van der Waals surface area contributed by atoms with E-state index in [0.29, 0.717) is 16.3 Å². The quantitative estimate of drug-likeness (QED) is 0.539. The zero-order chi connectivity index (χ0) is 20.0. The number of primary amides is 1. The predicted molar refractivity (Wildman–Crippen MR) is 105 cm³/mol. The molecular weight excluding hydrogens is 413 g/mol. The molecule has 0 unspecified atom stereocenters. The van der Waals surface area contributed by atoms with Gasteiger partial charge in [-0.1, -0.05) is 40.9 Å². The van der Waals surface area contributed by atoms with Gasteiger partial charge in [-0.05, 0) is 42.0 Å². The molecule has 0 saturated carbocycles. The molecule has 0 spiro atoms. The number of carbonyl (C=O) groups is 2. The zero-order valence-corrected chi connectivity index (χ0v) is 15.9.